The third-order valence-corrected chi connectivity index (χ3v) is 6.70. The van der Waals surface area contributed by atoms with Crippen LogP contribution < -0.4 is 9.64 Å². The number of hydrogen-bond acceptors (Lipinski definition) is 6. The molecule has 7 nitrogen and oxygen atoms in total. The van der Waals surface area contributed by atoms with Crippen LogP contribution in [-0.2, 0) is 10.0 Å². The zero-order chi connectivity index (χ0) is 19.7. The fraction of sp³-hybridized carbons (Fsp3) is 0.300. The van der Waals surface area contributed by atoms with E-state index in [4.69, 9.17) is 4.74 Å². The molecule has 1 aliphatic rings. The summed E-state index contributed by atoms with van der Waals surface area (Å²) in [4.78, 5) is 2.16. The average Bonchev–Trinajstić information content (AvgIpc) is 3.17. The van der Waals surface area contributed by atoms with E-state index in [1.807, 2.05) is 55.4 Å². The Morgan fingerprint density at radius 2 is 1.82 bits per heavy atom. The molecule has 28 heavy (non-hydrogen) atoms. The van der Waals surface area contributed by atoms with Gasteiger partial charge in [-0.3, -0.25) is 0 Å². The highest BCUT2D eigenvalue weighted by Gasteiger charge is 2.34. The van der Waals surface area contributed by atoms with Crippen molar-refractivity contribution in [2.75, 3.05) is 32.1 Å². The van der Waals surface area contributed by atoms with E-state index in [9.17, 15) is 8.42 Å². The first-order chi connectivity index (χ1) is 13.4. The van der Waals surface area contributed by atoms with Gasteiger partial charge < -0.3 is 9.64 Å². The summed E-state index contributed by atoms with van der Waals surface area (Å²) in [7, 11) is 0.209. The predicted molar refractivity (Wildman–Crippen MR) is 108 cm³/mol. The van der Waals surface area contributed by atoms with Crippen molar-refractivity contribution in [3.8, 4) is 5.88 Å². The quantitative estimate of drug-likeness (QED) is 0.657. The molecule has 3 aromatic rings. The Kier molecular flexibility index (Phi) is 4.91. The van der Waals surface area contributed by atoms with Crippen LogP contribution in [0.25, 0.3) is 10.8 Å². The number of aromatic nitrogens is 2. The van der Waals surface area contributed by atoms with Crippen molar-refractivity contribution in [2.45, 2.75) is 17.4 Å². The SMILES string of the molecule is CN(C)c1ccc(OC2CCN(S(=O)(=O)c3ccc4ccccc4c3)C2)nn1. The van der Waals surface area contributed by atoms with E-state index in [0.29, 0.717) is 30.3 Å². The Morgan fingerprint density at radius 1 is 1.04 bits per heavy atom. The van der Waals surface area contributed by atoms with Gasteiger partial charge in [0, 0.05) is 26.7 Å². The number of ether oxygens (including phenoxy) is 1. The Morgan fingerprint density at radius 3 is 2.54 bits per heavy atom. The van der Waals surface area contributed by atoms with Crippen LogP contribution in [0.2, 0.25) is 0 Å². The number of benzene rings is 2. The zero-order valence-corrected chi connectivity index (χ0v) is 16.6. The summed E-state index contributed by atoms with van der Waals surface area (Å²) in [6.07, 6.45) is 0.374. The average molecular weight is 398 g/mol. The zero-order valence-electron chi connectivity index (χ0n) is 15.8. The van der Waals surface area contributed by atoms with Crippen LogP contribution >= 0.6 is 0 Å². The van der Waals surface area contributed by atoms with Crippen LogP contribution in [0.3, 0.4) is 0 Å². The summed E-state index contributed by atoms with van der Waals surface area (Å²) in [6.45, 7) is 0.718. The molecule has 146 valence electrons. The van der Waals surface area contributed by atoms with Gasteiger partial charge in [0.15, 0.2) is 5.82 Å². The molecule has 0 bridgehead atoms. The highest BCUT2D eigenvalue weighted by molar-refractivity contribution is 7.89. The fourth-order valence-electron chi connectivity index (χ4n) is 3.27. The summed E-state index contributed by atoms with van der Waals surface area (Å²) >= 11 is 0. The van der Waals surface area contributed by atoms with E-state index in [0.717, 1.165) is 16.6 Å². The predicted octanol–water partition coefficient (Wildman–Crippen LogP) is 2.54. The smallest absolute Gasteiger partial charge is 0.243 e. The minimum absolute atomic E-state index is 0.241. The summed E-state index contributed by atoms with van der Waals surface area (Å²) in [5, 5.41) is 10.1. The molecule has 1 atom stereocenters. The molecule has 0 aliphatic carbocycles. The van der Waals surface area contributed by atoms with Gasteiger partial charge >= 0.3 is 0 Å². The maximum absolute atomic E-state index is 13.0. The molecule has 1 aromatic heterocycles. The Labute approximate surface area is 164 Å². The third-order valence-electron chi connectivity index (χ3n) is 4.84. The number of rotatable bonds is 5. The second-order valence-electron chi connectivity index (χ2n) is 7.02. The molecule has 0 radical (unpaired) electrons. The first-order valence-corrected chi connectivity index (χ1v) is 10.5. The van der Waals surface area contributed by atoms with Crippen molar-refractivity contribution >= 4 is 26.6 Å². The van der Waals surface area contributed by atoms with Crippen LogP contribution in [0.15, 0.2) is 59.5 Å². The van der Waals surface area contributed by atoms with Crippen molar-refractivity contribution in [3.63, 3.8) is 0 Å². The first kappa shape index (κ1) is 18.6. The lowest BCUT2D eigenvalue weighted by atomic mass is 10.1. The lowest BCUT2D eigenvalue weighted by Gasteiger charge is -2.17. The monoisotopic (exact) mass is 398 g/mol. The molecule has 2 heterocycles. The second-order valence-corrected chi connectivity index (χ2v) is 8.96. The Balaban J connectivity index is 1.47. The number of nitrogens with zero attached hydrogens (tertiary/aromatic N) is 4. The summed E-state index contributed by atoms with van der Waals surface area (Å²) in [5.41, 5.74) is 0. The van der Waals surface area contributed by atoms with Crippen molar-refractivity contribution in [3.05, 3.63) is 54.6 Å². The van der Waals surface area contributed by atoms with E-state index in [2.05, 4.69) is 10.2 Å². The molecule has 4 rings (SSSR count). The van der Waals surface area contributed by atoms with Gasteiger partial charge in [0.05, 0.1) is 11.4 Å². The molecule has 1 fully saturated rings. The highest BCUT2D eigenvalue weighted by atomic mass is 32.2. The molecule has 2 aromatic carbocycles. The lowest BCUT2D eigenvalue weighted by Crippen LogP contribution is -2.31. The van der Waals surface area contributed by atoms with Crippen LogP contribution in [0, 0.1) is 0 Å². The molecular weight excluding hydrogens is 376 g/mol. The van der Waals surface area contributed by atoms with Crippen LogP contribution in [0.1, 0.15) is 6.42 Å². The summed E-state index contributed by atoms with van der Waals surface area (Å²) < 4.78 is 33.4. The summed E-state index contributed by atoms with van der Waals surface area (Å²) in [6, 6.07) is 16.5. The fourth-order valence-corrected chi connectivity index (χ4v) is 4.80. The third kappa shape index (κ3) is 3.65. The molecule has 1 aliphatic heterocycles. The molecule has 0 spiro atoms. The minimum Gasteiger partial charge on any atom is -0.472 e. The number of hydrogen-bond donors (Lipinski definition) is 0. The summed E-state index contributed by atoms with van der Waals surface area (Å²) in [5.74, 6) is 1.14. The maximum atomic E-state index is 13.0. The van der Waals surface area contributed by atoms with Gasteiger partial charge in [0.25, 0.3) is 0 Å². The van der Waals surface area contributed by atoms with Crippen LogP contribution in [-0.4, -0.2) is 56.2 Å². The van der Waals surface area contributed by atoms with Crippen LogP contribution in [0.4, 0.5) is 5.82 Å². The first-order valence-electron chi connectivity index (χ1n) is 9.10. The van der Waals surface area contributed by atoms with E-state index >= 15 is 0 Å². The van der Waals surface area contributed by atoms with Crippen molar-refractivity contribution < 1.29 is 13.2 Å². The van der Waals surface area contributed by atoms with Crippen molar-refractivity contribution in [1.82, 2.24) is 14.5 Å². The molecule has 1 unspecified atom stereocenters. The van der Waals surface area contributed by atoms with Gasteiger partial charge in [-0.2, -0.15) is 4.31 Å². The highest BCUT2D eigenvalue weighted by Crippen LogP contribution is 2.26. The number of sulfonamides is 1. The van der Waals surface area contributed by atoms with E-state index in [1.165, 1.54) is 4.31 Å². The largest absolute Gasteiger partial charge is 0.472 e. The molecule has 0 N–H and O–H groups in total. The van der Waals surface area contributed by atoms with E-state index < -0.39 is 10.0 Å². The van der Waals surface area contributed by atoms with E-state index in [-0.39, 0.29) is 6.10 Å². The van der Waals surface area contributed by atoms with Gasteiger partial charge in [-0.05, 0) is 35.4 Å². The maximum Gasteiger partial charge on any atom is 0.243 e. The van der Waals surface area contributed by atoms with Crippen molar-refractivity contribution in [2.24, 2.45) is 0 Å². The van der Waals surface area contributed by atoms with Gasteiger partial charge in [0.2, 0.25) is 15.9 Å². The molecule has 1 saturated heterocycles. The molecule has 0 saturated carbocycles. The van der Waals surface area contributed by atoms with Gasteiger partial charge in [-0.15, -0.1) is 10.2 Å². The van der Waals surface area contributed by atoms with Crippen LogP contribution in [0.5, 0.6) is 5.88 Å². The lowest BCUT2D eigenvalue weighted by molar-refractivity contribution is 0.204. The minimum atomic E-state index is -3.56. The number of anilines is 1. The Hall–Kier alpha value is -2.71. The van der Waals surface area contributed by atoms with Gasteiger partial charge in [-0.1, -0.05) is 30.3 Å². The van der Waals surface area contributed by atoms with Crippen molar-refractivity contribution in [1.29, 1.82) is 0 Å². The molecular formula is C20H22N4O3S. The topological polar surface area (TPSA) is 75.6 Å². The second kappa shape index (κ2) is 7.37. The number of fused-ring (bicyclic) bond motifs is 1. The molecule has 0 amide bonds. The molecule has 8 heteroatoms. The normalized spacial score (nSPS) is 17.7. The van der Waals surface area contributed by atoms with Gasteiger partial charge in [0.1, 0.15) is 6.10 Å². The van der Waals surface area contributed by atoms with Gasteiger partial charge in [-0.25, -0.2) is 8.42 Å². The van der Waals surface area contributed by atoms with E-state index in [1.54, 1.807) is 18.2 Å². The Bertz CT molecular complexity index is 1080. The standard InChI is InChI=1S/C20H22N4O3S/c1-23(2)19-9-10-20(22-21-19)27-17-11-12-24(14-17)28(25,26)18-8-7-15-5-3-4-6-16(15)13-18/h3-10,13,17H,11-12,14H2,1-2H3.